The summed E-state index contributed by atoms with van der Waals surface area (Å²) in [5.41, 5.74) is 0.662. The first-order valence-corrected chi connectivity index (χ1v) is 5.50. The molecule has 0 fully saturated rings. The minimum absolute atomic E-state index is 0. The molecule has 0 atom stereocenters. The van der Waals surface area contributed by atoms with E-state index in [9.17, 15) is 5.11 Å². The number of para-hydroxylation sites is 1. The van der Waals surface area contributed by atoms with Crippen molar-refractivity contribution in [2.75, 3.05) is 0 Å². The molecule has 0 amide bonds. The molecule has 0 unspecified atom stereocenters. The van der Waals surface area contributed by atoms with Crippen LogP contribution in [0.3, 0.4) is 0 Å². The van der Waals surface area contributed by atoms with E-state index in [1.807, 2.05) is 18.2 Å². The molecule has 0 saturated carbocycles. The molecule has 2 rings (SSSR count). The molecular formula is C9H9KNO5S. The molecule has 0 aliphatic heterocycles. The standard InChI is InChI=1S/C9H7NO.K.H2O4S/c11-8-5-1-3-7-4-2-6-10-9(7)8;;1-5(2,3)4/h1-6,11H;;(H2,1,2,3,4). The molecule has 0 bridgehead atoms. The van der Waals surface area contributed by atoms with Gasteiger partial charge in [0.2, 0.25) is 0 Å². The molecule has 0 saturated heterocycles. The zero-order valence-corrected chi connectivity index (χ0v) is 12.9. The van der Waals surface area contributed by atoms with Crippen molar-refractivity contribution in [1.82, 2.24) is 4.98 Å². The van der Waals surface area contributed by atoms with Crippen LogP contribution in [0, 0.1) is 0 Å². The van der Waals surface area contributed by atoms with Crippen LogP contribution in [0.4, 0.5) is 0 Å². The Balaban J connectivity index is 0.000000373. The Morgan fingerprint density at radius 2 is 1.59 bits per heavy atom. The summed E-state index contributed by atoms with van der Waals surface area (Å²) in [7, 11) is -4.67. The topological polar surface area (TPSA) is 108 Å². The van der Waals surface area contributed by atoms with E-state index in [4.69, 9.17) is 17.5 Å². The number of benzene rings is 1. The quantitative estimate of drug-likeness (QED) is 0.489. The fourth-order valence-corrected chi connectivity index (χ4v) is 1.09. The van der Waals surface area contributed by atoms with Gasteiger partial charge in [-0.15, -0.1) is 0 Å². The Kier molecular flexibility index (Phi) is 7.36. The Labute approximate surface area is 141 Å². The predicted molar refractivity (Wildman–Crippen MR) is 63.3 cm³/mol. The van der Waals surface area contributed by atoms with Gasteiger partial charge >= 0.3 is 10.4 Å². The first kappa shape index (κ1) is 16.9. The van der Waals surface area contributed by atoms with Crippen LogP contribution in [0.1, 0.15) is 0 Å². The summed E-state index contributed by atoms with van der Waals surface area (Å²) < 4.78 is 31.6. The average Bonchev–Trinajstić information content (AvgIpc) is 2.16. The maximum absolute atomic E-state index is 9.31. The number of nitrogens with zero attached hydrogens (tertiary/aromatic N) is 1. The van der Waals surface area contributed by atoms with Crippen molar-refractivity contribution in [3.63, 3.8) is 0 Å². The van der Waals surface area contributed by atoms with Gasteiger partial charge in [-0.3, -0.25) is 14.1 Å². The number of rotatable bonds is 0. The van der Waals surface area contributed by atoms with Gasteiger partial charge in [0.25, 0.3) is 0 Å². The monoisotopic (exact) mass is 282 g/mol. The second-order valence-electron chi connectivity index (χ2n) is 2.80. The molecule has 17 heavy (non-hydrogen) atoms. The summed E-state index contributed by atoms with van der Waals surface area (Å²) in [5.74, 6) is 0.239. The third-order valence-corrected chi connectivity index (χ3v) is 1.61. The van der Waals surface area contributed by atoms with E-state index in [1.165, 1.54) is 0 Å². The maximum Gasteiger partial charge on any atom is 0.394 e. The summed E-state index contributed by atoms with van der Waals surface area (Å²) in [5, 5.41) is 10.3. The summed E-state index contributed by atoms with van der Waals surface area (Å²) >= 11 is 0. The molecule has 0 aliphatic carbocycles. The summed E-state index contributed by atoms with van der Waals surface area (Å²) in [6.07, 6.45) is 1.67. The van der Waals surface area contributed by atoms with Gasteiger partial charge in [0.05, 0.1) is 0 Å². The van der Waals surface area contributed by atoms with E-state index in [1.54, 1.807) is 18.3 Å². The Morgan fingerprint density at radius 3 is 2.12 bits per heavy atom. The van der Waals surface area contributed by atoms with Crippen LogP contribution in [0.2, 0.25) is 0 Å². The zero-order chi connectivity index (χ0) is 12.2. The first-order valence-electron chi connectivity index (χ1n) is 4.10. The minimum Gasteiger partial charge on any atom is -0.506 e. The summed E-state index contributed by atoms with van der Waals surface area (Å²) in [6, 6.07) is 9.13. The molecule has 1 heterocycles. The third kappa shape index (κ3) is 7.06. The van der Waals surface area contributed by atoms with Crippen LogP contribution in [0.15, 0.2) is 36.5 Å². The van der Waals surface area contributed by atoms with E-state index in [-0.39, 0.29) is 57.1 Å². The second kappa shape index (κ2) is 7.39. The number of hydrogen-bond acceptors (Lipinski definition) is 4. The smallest absolute Gasteiger partial charge is 0.394 e. The van der Waals surface area contributed by atoms with Crippen molar-refractivity contribution >= 4 is 72.7 Å². The van der Waals surface area contributed by atoms with Gasteiger partial charge in [-0.25, -0.2) is 0 Å². The molecule has 1 radical (unpaired) electrons. The largest absolute Gasteiger partial charge is 0.506 e. The number of phenolic OH excluding ortho intramolecular Hbond substituents is 1. The molecule has 1 aromatic carbocycles. The average molecular weight is 282 g/mol. The van der Waals surface area contributed by atoms with Crippen molar-refractivity contribution in [2.45, 2.75) is 0 Å². The van der Waals surface area contributed by atoms with Crippen LogP contribution in [0.5, 0.6) is 5.75 Å². The molecule has 6 nitrogen and oxygen atoms in total. The SMILES string of the molecule is O=S(=O)(O)O.Oc1cccc2cccnc12.[K]. The van der Waals surface area contributed by atoms with Gasteiger partial charge in [-0.1, -0.05) is 18.2 Å². The number of fused-ring (bicyclic) bond motifs is 1. The Hall–Kier alpha value is -0.0636. The molecule has 0 aliphatic rings. The van der Waals surface area contributed by atoms with Crippen LogP contribution in [0.25, 0.3) is 10.9 Å². The van der Waals surface area contributed by atoms with Gasteiger partial charge in [-0.2, -0.15) is 8.42 Å². The van der Waals surface area contributed by atoms with E-state index in [0.29, 0.717) is 5.52 Å². The van der Waals surface area contributed by atoms with Gasteiger partial charge in [0.1, 0.15) is 11.3 Å². The Morgan fingerprint density at radius 1 is 1.06 bits per heavy atom. The van der Waals surface area contributed by atoms with Crippen molar-refractivity contribution in [3.05, 3.63) is 36.5 Å². The third-order valence-electron chi connectivity index (χ3n) is 1.61. The van der Waals surface area contributed by atoms with Gasteiger partial charge in [0.15, 0.2) is 0 Å². The first-order chi connectivity index (χ1) is 7.38. The number of aromatic nitrogens is 1. The zero-order valence-electron chi connectivity index (χ0n) is 8.98. The summed E-state index contributed by atoms with van der Waals surface area (Å²) in [6.45, 7) is 0. The molecular weight excluding hydrogens is 273 g/mol. The van der Waals surface area contributed by atoms with Gasteiger partial charge in [0, 0.05) is 63.0 Å². The number of aromatic hydroxyl groups is 1. The predicted octanol–water partition coefficient (Wildman–Crippen LogP) is 0.907. The molecule has 87 valence electrons. The van der Waals surface area contributed by atoms with Crippen LogP contribution >= 0.6 is 0 Å². The maximum atomic E-state index is 9.31. The molecule has 1 aromatic heterocycles. The number of pyridine rings is 1. The Bertz CT molecular complexity index is 573. The van der Waals surface area contributed by atoms with E-state index in [0.717, 1.165) is 5.39 Å². The molecule has 8 heteroatoms. The fraction of sp³-hybridized carbons (Fsp3) is 0. The van der Waals surface area contributed by atoms with Crippen molar-refractivity contribution < 1.29 is 22.6 Å². The van der Waals surface area contributed by atoms with Crippen molar-refractivity contribution in [2.24, 2.45) is 0 Å². The second-order valence-corrected chi connectivity index (χ2v) is 3.70. The van der Waals surface area contributed by atoms with Crippen LogP contribution in [-0.4, -0.2) is 79.0 Å². The van der Waals surface area contributed by atoms with E-state index in [2.05, 4.69) is 4.98 Å². The van der Waals surface area contributed by atoms with Crippen LogP contribution < -0.4 is 0 Å². The molecule has 0 spiro atoms. The molecule has 3 N–H and O–H groups in total. The van der Waals surface area contributed by atoms with Gasteiger partial charge < -0.3 is 5.11 Å². The fourth-order valence-electron chi connectivity index (χ4n) is 1.09. The minimum atomic E-state index is -4.67. The van der Waals surface area contributed by atoms with E-state index >= 15 is 0 Å². The normalized spacial score (nSPS) is 10.0. The molecule has 2 aromatic rings. The van der Waals surface area contributed by atoms with E-state index < -0.39 is 10.4 Å². The number of phenols is 1. The number of hydrogen-bond donors (Lipinski definition) is 3. The van der Waals surface area contributed by atoms with Crippen molar-refractivity contribution in [1.29, 1.82) is 0 Å². The van der Waals surface area contributed by atoms with Crippen LogP contribution in [-0.2, 0) is 10.4 Å². The van der Waals surface area contributed by atoms with Gasteiger partial charge in [-0.05, 0) is 12.1 Å². The summed E-state index contributed by atoms with van der Waals surface area (Å²) in [4.78, 5) is 4.03. The van der Waals surface area contributed by atoms with Crippen molar-refractivity contribution in [3.8, 4) is 5.75 Å².